The fourth-order valence-corrected chi connectivity index (χ4v) is 3.62. The SMILES string of the molecule is CN=C(NCc1cccc(OCCN(C)C2CCOCC2)c1)NCc1cc(C(C)C)no1.I. The van der Waals surface area contributed by atoms with Crippen molar-refractivity contribution in [2.24, 2.45) is 4.99 Å². The van der Waals surface area contributed by atoms with Crippen LogP contribution in [0.1, 0.15) is 49.6 Å². The van der Waals surface area contributed by atoms with Crippen LogP contribution in [0.15, 0.2) is 39.8 Å². The van der Waals surface area contributed by atoms with Gasteiger partial charge in [-0.3, -0.25) is 9.89 Å². The van der Waals surface area contributed by atoms with E-state index < -0.39 is 0 Å². The highest BCUT2D eigenvalue weighted by atomic mass is 127. The molecule has 1 aliphatic heterocycles. The van der Waals surface area contributed by atoms with Gasteiger partial charge in [0.15, 0.2) is 11.7 Å². The van der Waals surface area contributed by atoms with Crippen LogP contribution in [0.4, 0.5) is 0 Å². The van der Waals surface area contributed by atoms with E-state index in [2.05, 4.69) is 58.7 Å². The third-order valence-electron chi connectivity index (χ3n) is 5.71. The molecule has 0 atom stereocenters. The standard InChI is InChI=1S/C24H37N5O3.HI/c1-18(2)23-15-22(32-28-23)17-27-24(25-3)26-16-19-6-5-7-21(14-19)31-13-10-29(4)20-8-11-30-12-9-20;/h5-7,14-15,18,20H,8-13,16-17H2,1-4H3,(H2,25,26,27);1H. The van der Waals surface area contributed by atoms with Gasteiger partial charge in [0.05, 0.1) is 12.2 Å². The second-order valence-electron chi connectivity index (χ2n) is 8.47. The number of aromatic nitrogens is 1. The summed E-state index contributed by atoms with van der Waals surface area (Å²) in [7, 11) is 3.92. The second kappa shape index (κ2) is 14.4. The van der Waals surface area contributed by atoms with Crippen molar-refractivity contribution in [2.45, 2.75) is 51.7 Å². The van der Waals surface area contributed by atoms with Crippen molar-refractivity contribution in [1.82, 2.24) is 20.7 Å². The lowest BCUT2D eigenvalue weighted by atomic mass is 10.1. The number of hydrogen-bond donors (Lipinski definition) is 2. The van der Waals surface area contributed by atoms with Gasteiger partial charge in [-0.1, -0.05) is 31.1 Å². The van der Waals surface area contributed by atoms with Gasteiger partial charge in [-0.15, -0.1) is 24.0 Å². The van der Waals surface area contributed by atoms with Crippen LogP contribution in [0.5, 0.6) is 5.75 Å². The number of nitrogens with zero attached hydrogens (tertiary/aromatic N) is 3. The summed E-state index contributed by atoms with van der Waals surface area (Å²) in [4.78, 5) is 6.66. The predicted octanol–water partition coefficient (Wildman–Crippen LogP) is 3.77. The van der Waals surface area contributed by atoms with E-state index >= 15 is 0 Å². The number of aliphatic imine (C=N–C) groups is 1. The molecule has 2 heterocycles. The molecule has 0 bridgehead atoms. The molecule has 8 nitrogen and oxygen atoms in total. The van der Waals surface area contributed by atoms with Gasteiger partial charge >= 0.3 is 0 Å². The Morgan fingerprint density at radius 1 is 1.21 bits per heavy atom. The van der Waals surface area contributed by atoms with Gasteiger partial charge in [0.1, 0.15) is 12.4 Å². The Kier molecular flexibility index (Phi) is 12.0. The van der Waals surface area contributed by atoms with E-state index in [0.717, 1.165) is 55.4 Å². The largest absolute Gasteiger partial charge is 0.492 e. The summed E-state index contributed by atoms with van der Waals surface area (Å²) < 4.78 is 16.8. The molecule has 184 valence electrons. The molecular formula is C24H38IN5O3. The molecular weight excluding hydrogens is 533 g/mol. The van der Waals surface area contributed by atoms with E-state index in [4.69, 9.17) is 14.0 Å². The first-order valence-corrected chi connectivity index (χ1v) is 11.4. The number of rotatable bonds is 10. The molecule has 9 heteroatoms. The summed E-state index contributed by atoms with van der Waals surface area (Å²) >= 11 is 0. The molecule has 1 saturated heterocycles. The van der Waals surface area contributed by atoms with Crippen LogP contribution in [0.2, 0.25) is 0 Å². The molecule has 1 fully saturated rings. The average molecular weight is 572 g/mol. The van der Waals surface area contributed by atoms with Crippen LogP contribution in [0, 0.1) is 0 Å². The van der Waals surface area contributed by atoms with Crippen LogP contribution in [0.25, 0.3) is 0 Å². The Hall–Kier alpha value is -1.85. The van der Waals surface area contributed by atoms with Crippen molar-refractivity contribution in [1.29, 1.82) is 0 Å². The van der Waals surface area contributed by atoms with Crippen molar-refractivity contribution >= 4 is 29.9 Å². The maximum absolute atomic E-state index is 6.00. The topological polar surface area (TPSA) is 84.2 Å². The van der Waals surface area contributed by atoms with Gasteiger partial charge in [-0.25, -0.2) is 0 Å². The minimum absolute atomic E-state index is 0. The van der Waals surface area contributed by atoms with Crippen molar-refractivity contribution < 1.29 is 14.0 Å². The zero-order chi connectivity index (χ0) is 22.8. The highest BCUT2D eigenvalue weighted by Gasteiger charge is 2.18. The number of nitrogens with one attached hydrogen (secondary N) is 2. The maximum Gasteiger partial charge on any atom is 0.191 e. The summed E-state index contributed by atoms with van der Waals surface area (Å²) in [5, 5.41) is 10.7. The predicted molar refractivity (Wildman–Crippen MR) is 141 cm³/mol. The molecule has 0 aliphatic carbocycles. The molecule has 3 rings (SSSR count). The maximum atomic E-state index is 6.00. The summed E-state index contributed by atoms with van der Waals surface area (Å²) in [6.45, 7) is 8.67. The van der Waals surface area contributed by atoms with E-state index in [1.807, 2.05) is 18.2 Å². The number of ether oxygens (including phenoxy) is 2. The second-order valence-corrected chi connectivity index (χ2v) is 8.47. The normalized spacial score (nSPS) is 14.9. The smallest absolute Gasteiger partial charge is 0.191 e. The van der Waals surface area contributed by atoms with Gasteiger partial charge < -0.3 is 24.6 Å². The highest BCUT2D eigenvalue weighted by Crippen LogP contribution is 2.16. The summed E-state index contributed by atoms with van der Waals surface area (Å²) in [5.41, 5.74) is 2.09. The molecule has 0 radical (unpaired) electrons. The van der Waals surface area contributed by atoms with Crippen LogP contribution in [0.3, 0.4) is 0 Å². The lowest BCUT2D eigenvalue weighted by Gasteiger charge is -2.31. The first-order chi connectivity index (χ1) is 15.5. The Morgan fingerprint density at radius 3 is 2.67 bits per heavy atom. The minimum atomic E-state index is 0. The van der Waals surface area contributed by atoms with Crippen molar-refractivity contribution in [3.05, 3.63) is 47.3 Å². The van der Waals surface area contributed by atoms with Gasteiger partial charge in [0, 0.05) is 45.5 Å². The molecule has 1 aromatic heterocycles. The molecule has 0 unspecified atom stereocenters. The van der Waals surface area contributed by atoms with Crippen molar-refractivity contribution in [2.75, 3.05) is 40.5 Å². The summed E-state index contributed by atoms with van der Waals surface area (Å²) in [6, 6.07) is 10.7. The van der Waals surface area contributed by atoms with E-state index in [0.29, 0.717) is 37.6 Å². The highest BCUT2D eigenvalue weighted by molar-refractivity contribution is 14.0. The van der Waals surface area contributed by atoms with E-state index in [1.165, 1.54) is 0 Å². The number of benzene rings is 1. The van der Waals surface area contributed by atoms with Crippen LogP contribution >= 0.6 is 24.0 Å². The molecule has 0 saturated carbocycles. The number of halogens is 1. The number of guanidine groups is 1. The van der Waals surface area contributed by atoms with Gasteiger partial charge in [-0.2, -0.15) is 0 Å². The number of likely N-dealkylation sites (N-methyl/N-ethyl adjacent to an activating group) is 1. The molecule has 1 aromatic carbocycles. The molecule has 2 aromatic rings. The van der Waals surface area contributed by atoms with E-state index in [9.17, 15) is 0 Å². The van der Waals surface area contributed by atoms with Gasteiger partial charge in [0.25, 0.3) is 0 Å². The van der Waals surface area contributed by atoms with Gasteiger partial charge in [-0.05, 0) is 43.5 Å². The number of hydrogen-bond acceptors (Lipinski definition) is 6. The molecule has 1 aliphatic rings. The molecule has 33 heavy (non-hydrogen) atoms. The fraction of sp³-hybridized carbons (Fsp3) is 0.583. The Bertz CT molecular complexity index is 852. The summed E-state index contributed by atoms with van der Waals surface area (Å²) in [5.74, 6) is 2.73. The third-order valence-corrected chi connectivity index (χ3v) is 5.71. The van der Waals surface area contributed by atoms with Crippen LogP contribution in [-0.4, -0.2) is 62.5 Å². The lowest BCUT2D eigenvalue weighted by Crippen LogP contribution is -2.38. The lowest BCUT2D eigenvalue weighted by molar-refractivity contribution is 0.0392. The third kappa shape index (κ3) is 9.13. The summed E-state index contributed by atoms with van der Waals surface area (Å²) in [6.07, 6.45) is 2.20. The zero-order valence-electron chi connectivity index (χ0n) is 20.2. The van der Waals surface area contributed by atoms with Crippen molar-refractivity contribution in [3.8, 4) is 5.75 Å². The van der Waals surface area contributed by atoms with Crippen LogP contribution in [-0.2, 0) is 17.8 Å². The first kappa shape index (κ1) is 27.4. The minimum Gasteiger partial charge on any atom is -0.492 e. The monoisotopic (exact) mass is 571 g/mol. The average Bonchev–Trinajstić information content (AvgIpc) is 3.29. The van der Waals surface area contributed by atoms with Crippen LogP contribution < -0.4 is 15.4 Å². The molecule has 2 N–H and O–H groups in total. The van der Waals surface area contributed by atoms with Gasteiger partial charge in [0.2, 0.25) is 0 Å². The van der Waals surface area contributed by atoms with E-state index in [1.54, 1.807) is 7.05 Å². The first-order valence-electron chi connectivity index (χ1n) is 11.4. The Morgan fingerprint density at radius 2 is 1.97 bits per heavy atom. The molecule has 0 amide bonds. The fourth-order valence-electron chi connectivity index (χ4n) is 3.62. The van der Waals surface area contributed by atoms with Crippen molar-refractivity contribution in [3.63, 3.8) is 0 Å². The molecule has 0 spiro atoms. The zero-order valence-corrected chi connectivity index (χ0v) is 22.5. The Balaban J connectivity index is 0.00000385. The van der Waals surface area contributed by atoms with E-state index in [-0.39, 0.29) is 24.0 Å². The Labute approximate surface area is 214 Å². The quantitative estimate of drug-likeness (QED) is 0.255.